The Morgan fingerprint density at radius 1 is 0.931 bits per heavy atom. The van der Waals surface area contributed by atoms with Crippen LogP contribution in [-0.2, 0) is 13.0 Å². The number of ether oxygens (including phenoxy) is 1. The average molecular weight is 411 g/mol. The Labute approximate surface area is 175 Å². The number of benzene rings is 3. The largest absolute Gasteiger partial charge is 0.489 e. The Morgan fingerprint density at radius 3 is 2.38 bits per heavy atom. The van der Waals surface area contributed by atoms with E-state index in [-0.39, 0.29) is 5.25 Å². The molecule has 0 radical (unpaired) electrons. The number of hydrogen-bond donors (Lipinski definition) is 0. The van der Waals surface area contributed by atoms with Crippen molar-refractivity contribution in [1.82, 2.24) is 0 Å². The molecule has 3 rings (SSSR count). The van der Waals surface area contributed by atoms with Crippen molar-refractivity contribution in [3.63, 3.8) is 0 Å². The van der Waals surface area contributed by atoms with E-state index >= 15 is 0 Å². The van der Waals surface area contributed by atoms with Crippen molar-refractivity contribution in [1.29, 1.82) is 0 Å². The van der Waals surface area contributed by atoms with Crippen molar-refractivity contribution in [3.8, 4) is 5.75 Å². The predicted octanol–water partition coefficient (Wildman–Crippen LogP) is 7.45. The molecule has 29 heavy (non-hydrogen) atoms. The lowest BCUT2D eigenvalue weighted by atomic mass is 10.1. The van der Waals surface area contributed by atoms with Crippen molar-refractivity contribution >= 4 is 11.8 Å². The van der Waals surface area contributed by atoms with E-state index in [1.54, 1.807) is 0 Å². The van der Waals surface area contributed by atoms with Gasteiger partial charge in [0.15, 0.2) is 0 Å². The monoisotopic (exact) mass is 410 g/mol. The summed E-state index contributed by atoms with van der Waals surface area (Å²) in [6, 6.07) is 25.8. The molecule has 0 aliphatic rings. The molecule has 0 bridgehead atoms. The SMILES string of the molecule is Cc1cccc(S[C@@H](C=C(F)F)CCc2ccc(OCc3ccccc3)cc2)c1. The molecule has 150 valence electrons. The van der Waals surface area contributed by atoms with E-state index < -0.39 is 6.08 Å². The first-order valence-electron chi connectivity index (χ1n) is 9.60. The molecule has 0 saturated heterocycles. The van der Waals surface area contributed by atoms with Crippen LogP contribution in [0.15, 0.2) is 95.9 Å². The Hall–Kier alpha value is -2.59. The van der Waals surface area contributed by atoms with Gasteiger partial charge in [-0.3, -0.25) is 0 Å². The molecule has 0 aliphatic heterocycles. The lowest BCUT2D eigenvalue weighted by molar-refractivity contribution is 0.306. The Balaban J connectivity index is 1.55. The molecule has 4 heteroatoms. The summed E-state index contributed by atoms with van der Waals surface area (Å²) in [7, 11) is 0. The maximum Gasteiger partial charge on any atom is 0.267 e. The number of hydrogen-bond acceptors (Lipinski definition) is 2. The van der Waals surface area contributed by atoms with Gasteiger partial charge < -0.3 is 4.74 Å². The molecule has 0 amide bonds. The molecule has 0 heterocycles. The normalized spacial score (nSPS) is 11.7. The number of thioether (sulfide) groups is 1. The summed E-state index contributed by atoms with van der Waals surface area (Å²) in [6.45, 7) is 2.53. The van der Waals surface area contributed by atoms with Gasteiger partial charge in [-0.25, -0.2) is 0 Å². The minimum absolute atomic E-state index is 0.268. The Bertz CT molecular complexity index is 919. The first-order valence-corrected chi connectivity index (χ1v) is 10.5. The van der Waals surface area contributed by atoms with Crippen LogP contribution in [-0.4, -0.2) is 5.25 Å². The summed E-state index contributed by atoms with van der Waals surface area (Å²) < 4.78 is 31.6. The molecule has 0 aliphatic carbocycles. The number of rotatable bonds is 9. The zero-order valence-corrected chi connectivity index (χ0v) is 17.2. The summed E-state index contributed by atoms with van der Waals surface area (Å²) in [5.74, 6) is 0.804. The second-order valence-corrected chi connectivity index (χ2v) is 8.20. The zero-order chi connectivity index (χ0) is 20.5. The highest BCUT2D eigenvalue weighted by Gasteiger charge is 2.11. The van der Waals surface area contributed by atoms with Gasteiger partial charge >= 0.3 is 0 Å². The quantitative estimate of drug-likeness (QED) is 0.339. The molecule has 3 aromatic rings. The van der Waals surface area contributed by atoms with Gasteiger partial charge in [-0.05, 0) is 61.2 Å². The van der Waals surface area contributed by atoms with Crippen molar-refractivity contribution in [2.24, 2.45) is 0 Å². The van der Waals surface area contributed by atoms with Crippen molar-refractivity contribution in [3.05, 3.63) is 108 Å². The van der Waals surface area contributed by atoms with E-state index in [1.807, 2.05) is 85.8 Å². The maximum atomic E-state index is 12.9. The average Bonchev–Trinajstić information content (AvgIpc) is 2.72. The Kier molecular flexibility index (Phi) is 7.88. The van der Waals surface area contributed by atoms with Crippen LogP contribution in [0.3, 0.4) is 0 Å². The third kappa shape index (κ3) is 7.39. The highest BCUT2D eigenvalue weighted by Crippen LogP contribution is 2.29. The van der Waals surface area contributed by atoms with Gasteiger partial charge in [0, 0.05) is 10.1 Å². The van der Waals surface area contributed by atoms with Crippen LogP contribution >= 0.6 is 11.8 Å². The molecule has 0 aromatic heterocycles. The van der Waals surface area contributed by atoms with Gasteiger partial charge in [0.1, 0.15) is 12.4 Å². The van der Waals surface area contributed by atoms with E-state index in [0.29, 0.717) is 13.0 Å². The van der Waals surface area contributed by atoms with E-state index in [9.17, 15) is 8.78 Å². The van der Waals surface area contributed by atoms with E-state index in [2.05, 4.69) is 0 Å². The van der Waals surface area contributed by atoms with Crippen LogP contribution in [0.2, 0.25) is 0 Å². The summed E-state index contributed by atoms with van der Waals surface area (Å²) in [4.78, 5) is 1.01. The first kappa shape index (κ1) is 21.1. The zero-order valence-electron chi connectivity index (χ0n) is 16.4. The first-order chi connectivity index (χ1) is 14.1. The van der Waals surface area contributed by atoms with Gasteiger partial charge in [-0.2, -0.15) is 8.78 Å². The molecule has 0 spiro atoms. The van der Waals surface area contributed by atoms with Crippen LogP contribution in [0.1, 0.15) is 23.1 Å². The van der Waals surface area contributed by atoms with Gasteiger partial charge in [0.25, 0.3) is 6.08 Å². The van der Waals surface area contributed by atoms with Crippen molar-refractivity contribution in [2.75, 3.05) is 0 Å². The number of aryl methyl sites for hydroxylation is 2. The molecule has 3 aromatic carbocycles. The molecular weight excluding hydrogens is 386 g/mol. The predicted molar refractivity (Wildman–Crippen MR) is 117 cm³/mol. The second kappa shape index (κ2) is 10.8. The van der Waals surface area contributed by atoms with E-state index in [0.717, 1.165) is 39.8 Å². The second-order valence-electron chi connectivity index (χ2n) is 6.89. The van der Waals surface area contributed by atoms with Crippen LogP contribution in [0, 0.1) is 6.92 Å². The lowest BCUT2D eigenvalue weighted by Gasteiger charge is -2.13. The van der Waals surface area contributed by atoms with E-state index in [1.165, 1.54) is 11.8 Å². The fourth-order valence-electron chi connectivity index (χ4n) is 2.98. The van der Waals surface area contributed by atoms with Crippen LogP contribution in [0.4, 0.5) is 8.78 Å². The molecule has 0 saturated carbocycles. The highest BCUT2D eigenvalue weighted by atomic mass is 32.2. The third-order valence-corrected chi connectivity index (χ3v) is 5.68. The number of halogens is 2. The fraction of sp³-hybridized carbons (Fsp3) is 0.200. The Morgan fingerprint density at radius 2 is 1.69 bits per heavy atom. The van der Waals surface area contributed by atoms with Gasteiger partial charge in [-0.15, -0.1) is 11.8 Å². The minimum atomic E-state index is -1.63. The molecule has 0 fully saturated rings. The summed E-state index contributed by atoms with van der Waals surface area (Å²) >= 11 is 1.48. The van der Waals surface area contributed by atoms with Gasteiger partial charge in [-0.1, -0.05) is 60.2 Å². The molecule has 0 N–H and O–H groups in total. The van der Waals surface area contributed by atoms with E-state index in [4.69, 9.17) is 4.74 Å². The van der Waals surface area contributed by atoms with Gasteiger partial charge in [0.2, 0.25) is 0 Å². The summed E-state index contributed by atoms with van der Waals surface area (Å²) in [5, 5.41) is -0.268. The minimum Gasteiger partial charge on any atom is -0.489 e. The topological polar surface area (TPSA) is 9.23 Å². The van der Waals surface area contributed by atoms with Crippen molar-refractivity contribution < 1.29 is 13.5 Å². The standard InChI is InChI=1S/C25H24F2OS/c1-19-6-5-9-23(16-19)29-24(17-25(26)27)15-12-20-10-13-22(14-11-20)28-18-21-7-3-2-4-8-21/h2-11,13-14,16-17,24H,12,15,18H2,1H3/t24-/m1/s1. The maximum absolute atomic E-state index is 12.9. The van der Waals surface area contributed by atoms with Gasteiger partial charge in [0.05, 0.1) is 0 Å². The fourth-order valence-corrected chi connectivity index (χ4v) is 4.15. The molecular formula is C25H24F2OS. The van der Waals surface area contributed by atoms with Crippen LogP contribution in [0.5, 0.6) is 5.75 Å². The molecule has 1 nitrogen and oxygen atoms in total. The van der Waals surface area contributed by atoms with Crippen LogP contribution < -0.4 is 4.74 Å². The smallest absolute Gasteiger partial charge is 0.267 e. The molecule has 1 atom stereocenters. The molecule has 0 unspecified atom stereocenters. The third-order valence-electron chi connectivity index (χ3n) is 4.48. The lowest BCUT2D eigenvalue weighted by Crippen LogP contribution is -2.02. The highest BCUT2D eigenvalue weighted by molar-refractivity contribution is 8.00. The summed E-state index contributed by atoms with van der Waals surface area (Å²) in [6.07, 6.45) is 0.802. The van der Waals surface area contributed by atoms with Crippen molar-refractivity contribution in [2.45, 2.75) is 36.5 Å². The summed E-state index contributed by atoms with van der Waals surface area (Å²) in [5.41, 5.74) is 3.36. The van der Waals surface area contributed by atoms with Crippen LogP contribution in [0.25, 0.3) is 0 Å².